The number of amides is 1. The summed E-state index contributed by atoms with van der Waals surface area (Å²) in [6, 6.07) is 12.1. The molecule has 2 aromatic carbocycles. The van der Waals surface area contributed by atoms with Crippen molar-refractivity contribution in [3.63, 3.8) is 0 Å². The van der Waals surface area contributed by atoms with Crippen LogP contribution in [0.15, 0.2) is 48.5 Å². The Kier molecular flexibility index (Phi) is 4.14. The Hall–Kier alpha value is -2.63. The molecule has 0 radical (unpaired) electrons. The number of hydrogen-bond donors (Lipinski definition) is 2. The summed E-state index contributed by atoms with van der Waals surface area (Å²) in [7, 11) is 0. The largest absolute Gasteiger partial charge is 0.435 e. The maximum Gasteiger partial charge on any atom is 0.387 e. The molecule has 0 bridgehead atoms. The zero-order valence-corrected chi connectivity index (χ0v) is 10.3. The molecular weight excluding hydrogens is 266 g/mol. The van der Waals surface area contributed by atoms with E-state index >= 15 is 0 Å². The molecule has 0 aliphatic carbocycles. The summed E-state index contributed by atoms with van der Waals surface area (Å²) in [5, 5.41) is 2.66. The van der Waals surface area contributed by atoms with Crippen LogP contribution in [-0.2, 0) is 0 Å². The third-order valence-electron chi connectivity index (χ3n) is 2.51. The van der Waals surface area contributed by atoms with E-state index in [1.165, 1.54) is 24.3 Å². The van der Waals surface area contributed by atoms with Crippen molar-refractivity contribution in [2.45, 2.75) is 6.61 Å². The number of alkyl halides is 2. The lowest BCUT2D eigenvalue weighted by Gasteiger charge is -2.07. The lowest BCUT2D eigenvalue weighted by atomic mass is 10.2. The highest BCUT2D eigenvalue weighted by atomic mass is 19.3. The van der Waals surface area contributed by atoms with Crippen LogP contribution in [-0.4, -0.2) is 12.5 Å². The second-order valence-corrected chi connectivity index (χ2v) is 3.98. The van der Waals surface area contributed by atoms with Crippen molar-refractivity contribution in [1.29, 1.82) is 0 Å². The first-order chi connectivity index (χ1) is 9.54. The highest BCUT2D eigenvalue weighted by Crippen LogP contribution is 2.16. The van der Waals surface area contributed by atoms with Gasteiger partial charge in [0, 0.05) is 16.9 Å². The zero-order valence-electron chi connectivity index (χ0n) is 10.3. The number of hydrogen-bond acceptors (Lipinski definition) is 3. The Morgan fingerprint density at radius 3 is 2.20 bits per heavy atom. The molecule has 0 saturated carbocycles. The molecule has 20 heavy (non-hydrogen) atoms. The van der Waals surface area contributed by atoms with Crippen LogP contribution >= 0.6 is 0 Å². The van der Waals surface area contributed by atoms with Gasteiger partial charge in [0.15, 0.2) is 0 Å². The quantitative estimate of drug-likeness (QED) is 0.844. The molecule has 4 nitrogen and oxygen atoms in total. The number of carbonyl (C=O) groups is 1. The average molecular weight is 278 g/mol. The van der Waals surface area contributed by atoms with Gasteiger partial charge < -0.3 is 15.8 Å². The molecule has 2 aromatic rings. The summed E-state index contributed by atoms with van der Waals surface area (Å²) < 4.78 is 28.2. The van der Waals surface area contributed by atoms with Gasteiger partial charge in [-0.15, -0.1) is 0 Å². The number of nitrogen functional groups attached to an aromatic ring is 1. The minimum Gasteiger partial charge on any atom is -0.435 e. The number of anilines is 2. The number of rotatable bonds is 4. The monoisotopic (exact) mass is 278 g/mol. The van der Waals surface area contributed by atoms with Gasteiger partial charge in [0.1, 0.15) is 5.75 Å². The van der Waals surface area contributed by atoms with Crippen molar-refractivity contribution in [1.82, 2.24) is 0 Å². The van der Waals surface area contributed by atoms with Gasteiger partial charge in [-0.1, -0.05) is 0 Å². The molecule has 1 amide bonds. The SMILES string of the molecule is Nc1ccc(NC(=O)c2ccc(OC(F)F)cc2)cc1. The predicted molar refractivity (Wildman–Crippen MR) is 71.9 cm³/mol. The van der Waals surface area contributed by atoms with Gasteiger partial charge in [0.25, 0.3) is 5.91 Å². The smallest absolute Gasteiger partial charge is 0.387 e. The summed E-state index contributed by atoms with van der Waals surface area (Å²) in [5.41, 5.74) is 7.06. The average Bonchev–Trinajstić information content (AvgIpc) is 2.41. The van der Waals surface area contributed by atoms with E-state index in [1.807, 2.05) is 0 Å². The van der Waals surface area contributed by atoms with Crippen LogP contribution in [0.25, 0.3) is 0 Å². The van der Waals surface area contributed by atoms with Crippen molar-refractivity contribution in [3.05, 3.63) is 54.1 Å². The van der Waals surface area contributed by atoms with Gasteiger partial charge in [-0.2, -0.15) is 8.78 Å². The third-order valence-corrected chi connectivity index (χ3v) is 2.51. The van der Waals surface area contributed by atoms with Crippen LogP contribution in [0.5, 0.6) is 5.75 Å². The second-order valence-electron chi connectivity index (χ2n) is 3.98. The van der Waals surface area contributed by atoms with Crippen LogP contribution in [0.2, 0.25) is 0 Å². The van der Waals surface area contributed by atoms with E-state index in [1.54, 1.807) is 24.3 Å². The molecular formula is C14H12F2N2O2. The van der Waals surface area contributed by atoms with Crippen LogP contribution in [0.3, 0.4) is 0 Å². The van der Waals surface area contributed by atoms with Crippen molar-refractivity contribution in [2.24, 2.45) is 0 Å². The van der Waals surface area contributed by atoms with Crippen LogP contribution < -0.4 is 15.8 Å². The predicted octanol–water partition coefficient (Wildman–Crippen LogP) is 3.12. The third kappa shape index (κ3) is 3.68. The molecule has 104 valence electrons. The Labute approximate surface area is 114 Å². The fourth-order valence-corrected chi connectivity index (χ4v) is 1.56. The van der Waals surface area contributed by atoms with Gasteiger partial charge in [0.2, 0.25) is 0 Å². The molecule has 0 aliphatic heterocycles. The lowest BCUT2D eigenvalue weighted by Crippen LogP contribution is -2.12. The molecule has 0 fully saturated rings. The maximum absolute atomic E-state index is 12.0. The number of nitrogens with one attached hydrogen (secondary N) is 1. The molecule has 0 saturated heterocycles. The number of benzene rings is 2. The number of carbonyl (C=O) groups excluding carboxylic acids is 1. The number of nitrogens with two attached hydrogens (primary N) is 1. The summed E-state index contributed by atoms with van der Waals surface area (Å²) in [6.07, 6.45) is 0. The molecule has 2 rings (SSSR count). The first-order valence-electron chi connectivity index (χ1n) is 5.76. The number of ether oxygens (including phenoxy) is 1. The van der Waals surface area contributed by atoms with Crippen molar-refractivity contribution >= 4 is 17.3 Å². The minimum atomic E-state index is -2.88. The van der Waals surface area contributed by atoms with E-state index in [4.69, 9.17) is 5.73 Å². The minimum absolute atomic E-state index is 0.00374. The Balaban J connectivity index is 2.03. The van der Waals surface area contributed by atoms with E-state index in [9.17, 15) is 13.6 Å². The Bertz CT molecular complexity index is 583. The zero-order chi connectivity index (χ0) is 14.5. The molecule has 6 heteroatoms. The van der Waals surface area contributed by atoms with Gasteiger partial charge in [0.05, 0.1) is 0 Å². The molecule has 0 unspecified atom stereocenters. The summed E-state index contributed by atoms with van der Waals surface area (Å²) >= 11 is 0. The molecule has 0 spiro atoms. The van der Waals surface area contributed by atoms with Gasteiger partial charge >= 0.3 is 6.61 Å². The number of halogens is 2. The molecule has 0 aromatic heterocycles. The Morgan fingerprint density at radius 2 is 1.65 bits per heavy atom. The van der Waals surface area contributed by atoms with E-state index in [2.05, 4.69) is 10.1 Å². The molecule has 3 N–H and O–H groups in total. The fraction of sp³-hybridized carbons (Fsp3) is 0.0714. The van der Waals surface area contributed by atoms with Crippen molar-refractivity contribution < 1.29 is 18.3 Å². The van der Waals surface area contributed by atoms with Gasteiger partial charge in [-0.3, -0.25) is 4.79 Å². The van der Waals surface area contributed by atoms with E-state index in [0.29, 0.717) is 16.9 Å². The van der Waals surface area contributed by atoms with Crippen LogP contribution in [0, 0.1) is 0 Å². The summed E-state index contributed by atoms with van der Waals surface area (Å²) in [4.78, 5) is 11.9. The molecule has 0 atom stereocenters. The van der Waals surface area contributed by atoms with Crippen LogP contribution in [0.1, 0.15) is 10.4 Å². The highest BCUT2D eigenvalue weighted by Gasteiger charge is 2.08. The molecule has 0 aliphatic rings. The maximum atomic E-state index is 12.0. The highest BCUT2D eigenvalue weighted by molar-refractivity contribution is 6.04. The lowest BCUT2D eigenvalue weighted by molar-refractivity contribution is -0.0498. The van der Waals surface area contributed by atoms with Crippen molar-refractivity contribution in [3.8, 4) is 5.75 Å². The summed E-state index contributed by atoms with van der Waals surface area (Å²) in [5.74, 6) is -0.345. The standard InChI is InChI=1S/C14H12F2N2O2/c15-14(16)20-12-7-1-9(2-8-12)13(19)18-11-5-3-10(17)4-6-11/h1-8,14H,17H2,(H,18,19). The summed E-state index contributed by atoms with van der Waals surface area (Å²) in [6.45, 7) is -2.88. The normalized spacial score (nSPS) is 10.3. The van der Waals surface area contributed by atoms with E-state index in [0.717, 1.165) is 0 Å². The van der Waals surface area contributed by atoms with Crippen LogP contribution in [0.4, 0.5) is 20.2 Å². The van der Waals surface area contributed by atoms with E-state index < -0.39 is 6.61 Å². The van der Waals surface area contributed by atoms with E-state index in [-0.39, 0.29) is 11.7 Å². The first-order valence-corrected chi connectivity index (χ1v) is 5.76. The molecule has 0 heterocycles. The fourth-order valence-electron chi connectivity index (χ4n) is 1.56. The Morgan fingerprint density at radius 1 is 1.05 bits per heavy atom. The van der Waals surface area contributed by atoms with Gasteiger partial charge in [-0.25, -0.2) is 0 Å². The van der Waals surface area contributed by atoms with Crippen molar-refractivity contribution in [2.75, 3.05) is 11.1 Å². The topological polar surface area (TPSA) is 64.3 Å². The first kappa shape index (κ1) is 13.8. The second kappa shape index (κ2) is 6.01. The van der Waals surface area contributed by atoms with Gasteiger partial charge in [-0.05, 0) is 48.5 Å².